The van der Waals surface area contributed by atoms with Crippen molar-refractivity contribution in [1.29, 1.82) is 0 Å². The van der Waals surface area contributed by atoms with Crippen LogP contribution >= 0.6 is 34.2 Å². The highest BCUT2D eigenvalue weighted by Crippen LogP contribution is 2.31. The molecule has 7 nitrogen and oxygen atoms in total. The van der Waals surface area contributed by atoms with Crippen LogP contribution in [0.15, 0.2) is 18.2 Å². The molecule has 1 aromatic carbocycles. The van der Waals surface area contributed by atoms with Crippen LogP contribution in [0.5, 0.6) is 0 Å². The summed E-state index contributed by atoms with van der Waals surface area (Å²) in [5.41, 5.74) is 6.18. The number of nitrogens with two attached hydrogens (primary N) is 1. The third-order valence-corrected chi connectivity index (χ3v) is 3.57. The van der Waals surface area contributed by atoms with Gasteiger partial charge in [0.2, 0.25) is 11.8 Å². The molecule has 0 aliphatic heterocycles. The molecule has 9 heteroatoms. The van der Waals surface area contributed by atoms with E-state index in [1.165, 1.54) is 6.92 Å². The first-order valence-electron chi connectivity index (χ1n) is 5.39. The van der Waals surface area contributed by atoms with E-state index >= 15 is 0 Å². The number of aryl methyl sites for hydroxylation is 1. The van der Waals surface area contributed by atoms with E-state index in [4.69, 9.17) is 17.3 Å². The van der Waals surface area contributed by atoms with Crippen molar-refractivity contribution in [1.82, 2.24) is 9.97 Å². The van der Waals surface area contributed by atoms with Gasteiger partial charge in [0.05, 0.1) is 10.6 Å². The summed E-state index contributed by atoms with van der Waals surface area (Å²) in [6.45, 7) is 1.51. The molecule has 0 spiro atoms. The van der Waals surface area contributed by atoms with Gasteiger partial charge in [0.25, 0.3) is 0 Å². The Morgan fingerprint density at radius 3 is 2.75 bits per heavy atom. The van der Waals surface area contributed by atoms with E-state index in [0.29, 0.717) is 10.7 Å². The van der Waals surface area contributed by atoms with E-state index in [0.717, 1.165) is 3.57 Å². The van der Waals surface area contributed by atoms with Gasteiger partial charge >= 0.3 is 5.69 Å². The third kappa shape index (κ3) is 3.07. The van der Waals surface area contributed by atoms with Gasteiger partial charge in [-0.15, -0.1) is 0 Å². The van der Waals surface area contributed by atoms with E-state index in [1.54, 1.807) is 18.2 Å². The zero-order chi connectivity index (χ0) is 14.9. The van der Waals surface area contributed by atoms with Crippen LogP contribution in [0.2, 0.25) is 5.02 Å². The Hall–Kier alpha value is -1.68. The molecule has 0 bridgehead atoms. The predicted octanol–water partition coefficient (Wildman–Crippen LogP) is 3.28. The Morgan fingerprint density at radius 2 is 2.15 bits per heavy atom. The van der Waals surface area contributed by atoms with Gasteiger partial charge in [-0.1, -0.05) is 11.6 Å². The first-order chi connectivity index (χ1) is 9.38. The highest BCUT2D eigenvalue weighted by molar-refractivity contribution is 14.1. The van der Waals surface area contributed by atoms with Gasteiger partial charge in [0.15, 0.2) is 0 Å². The molecular weight excluding hydrogens is 397 g/mol. The maximum atomic E-state index is 11.1. The van der Waals surface area contributed by atoms with E-state index in [1.807, 2.05) is 0 Å². The summed E-state index contributed by atoms with van der Waals surface area (Å²) in [6.07, 6.45) is 0. The van der Waals surface area contributed by atoms with Crippen LogP contribution < -0.4 is 11.1 Å². The van der Waals surface area contributed by atoms with Crippen LogP contribution in [-0.2, 0) is 0 Å². The summed E-state index contributed by atoms with van der Waals surface area (Å²) in [7, 11) is 0. The molecule has 104 valence electrons. The first-order valence-corrected chi connectivity index (χ1v) is 6.84. The van der Waals surface area contributed by atoms with Crippen LogP contribution in [0.3, 0.4) is 0 Å². The van der Waals surface area contributed by atoms with Crippen LogP contribution in [-0.4, -0.2) is 14.9 Å². The van der Waals surface area contributed by atoms with Crippen molar-refractivity contribution in [2.45, 2.75) is 6.92 Å². The van der Waals surface area contributed by atoms with Gasteiger partial charge in [-0.3, -0.25) is 10.1 Å². The summed E-state index contributed by atoms with van der Waals surface area (Å²) in [5, 5.41) is 14.6. The molecule has 0 aliphatic rings. The third-order valence-electron chi connectivity index (χ3n) is 2.44. The molecule has 0 unspecified atom stereocenters. The molecule has 1 heterocycles. The number of aromatic nitrogens is 2. The first kappa shape index (κ1) is 14.7. The lowest BCUT2D eigenvalue weighted by Crippen LogP contribution is -2.07. The van der Waals surface area contributed by atoms with Crippen LogP contribution in [0, 0.1) is 20.6 Å². The molecule has 2 aromatic rings. The van der Waals surface area contributed by atoms with Crippen molar-refractivity contribution < 1.29 is 4.92 Å². The highest BCUT2D eigenvalue weighted by Gasteiger charge is 2.22. The number of nitrogen functional groups attached to an aromatic ring is 1. The topological polar surface area (TPSA) is 107 Å². The quantitative estimate of drug-likeness (QED) is 0.461. The molecule has 0 saturated heterocycles. The Balaban J connectivity index is 2.50. The maximum Gasteiger partial charge on any atom is 0.332 e. The van der Waals surface area contributed by atoms with Crippen LogP contribution in [0.4, 0.5) is 23.1 Å². The van der Waals surface area contributed by atoms with Gasteiger partial charge < -0.3 is 11.1 Å². The van der Waals surface area contributed by atoms with Crippen LogP contribution in [0.1, 0.15) is 5.69 Å². The second-order valence-corrected chi connectivity index (χ2v) is 5.47. The molecule has 0 saturated carbocycles. The number of nitrogens with one attached hydrogen (secondary N) is 1. The lowest BCUT2D eigenvalue weighted by atomic mass is 10.3. The predicted molar refractivity (Wildman–Crippen MR) is 85.3 cm³/mol. The monoisotopic (exact) mass is 405 g/mol. The minimum absolute atomic E-state index is 0.0282. The van der Waals surface area contributed by atoms with E-state index in [9.17, 15) is 10.1 Å². The lowest BCUT2D eigenvalue weighted by molar-refractivity contribution is -0.385. The Bertz CT molecular complexity index is 695. The molecule has 0 radical (unpaired) electrons. The molecule has 0 fully saturated rings. The normalized spacial score (nSPS) is 10.3. The molecule has 1 aromatic heterocycles. The summed E-state index contributed by atoms with van der Waals surface area (Å²) in [5.74, 6) is 0.0276. The zero-order valence-electron chi connectivity index (χ0n) is 10.2. The number of rotatable bonds is 3. The van der Waals surface area contributed by atoms with E-state index in [2.05, 4.69) is 37.9 Å². The Kier molecular flexibility index (Phi) is 4.23. The van der Waals surface area contributed by atoms with E-state index in [-0.39, 0.29) is 23.1 Å². The Morgan fingerprint density at radius 1 is 1.45 bits per heavy atom. The number of hydrogen-bond donors (Lipinski definition) is 2. The number of benzene rings is 1. The summed E-state index contributed by atoms with van der Waals surface area (Å²) in [4.78, 5) is 18.3. The SMILES string of the molecule is Cc1nc(N)nc(Nc2ccc(Cl)cc2I)c1[N+](=O)[O-]. The zero-order valence-corrected chi connectivity index (χ0v) is 13.1. The number of anilines is 3. The average Bonchev–Trinajstić information content (AvgIpc) is 2.31. The summed E-state index contributed by atoms with van der Waals surface area (Å²) >= 11 is 7.93. The van der Waals surface area contributed by atoms with Gasteiger partial charge in [-0.25, -0.2) is 4.98 Å². The standard InChI is InChI=1S/C11H9ClIN5O2/c1-5-9(18(19)20)10(17-11(14)15-5)16-8-3-2-6(12)4-7(8)13/h2-4H,1H3,(H3,14,15,16,17). The largest absolute Gasteiger partial charge is 0.368 e. The fourth-order valence-corrected chi connectivity index (χ4v) is 2.62. The average molecular weight is 406 g/mol. The van der Waals surface area contributed by atoms with Crippen LogP contribution in [0.25, 0.3) is 0 Å². The van der Waals surface area contributed by atoms with Gasteiger partial charge in [0, 0.05) is 8.59 Å². The highest BCUT2D eigenvalue weighted by atomic mass is 127. The smallest absolute Gasteiger partial charge is 0.332 e. The fourth-order valence-electron chi connectivity index (χ4n) is 1.61. The van der Waals surface area contributed by atoms with Crippen molar-refractivity contribution in [3.63, 3.8) is 0 Å². The van der Waals surface area contributed by atoms with Gasteiger partial charge in [0.1, 0.15) is 5.69 Å². The van der Waals surface area contributed by atoms with Crippen molar-refractivity contribution >= 4 is 57.3 Å². The summed E-state index contributed by atoms with van der Waals surface area (Å²) in [6, 6.07) is 5.12. The fraction of sp³-hybridized carbons (Fsp3) is 0.0909. The minimum atomic E-state index is -0.542. The van der Waals surface area contributed by atoms with Crippen molar-refractivity contribution in [3.8, 4) is 0 Å². The van der Waals surface area contributed by atoms with Crippen molar-refractivity contribution in [2.24, 2.45) is 0 Å². The molecule has 0 amide bonds. The molecule has 2 rings (SSSR count). The maximum absolute atomic E-state index is 11.1. The second-order valence-electron chi connectivity index (χ2n) is 3.87. The van der Waals surface area contributed by atoms with E-state index < -0.39 is 4.92 Å². The van der Waals surface area contributed by atoms with Crippen molar-refractivity contribution in [3.05, 3.63) is 42.6 Å². The van der Waals surface area contributed by atoms with Gasteiger partial charge in [-0.2, -0.15) is 4.98 Å². The Labute approximate surface area is 132 Å². The number of nitro groups is 1. The molecular formula is C11H9ClIN5O2. The number of nitrogens with zero attached hydrogens (tertiary/aromatic N) is 3. The minimum Gasteiger partial charge on any atom is -0.368 e. The molecule has 0 atom stereocenters. The number of halogens is 2. The summed E-state index contributed by atoms with van der Waals surface area (Å²) < 4.78 is 0.805. The molecule has 3 N–H and O–H groups in total. The molecule has 20 heavy (non-hydrogen) atoms. The van der Waals surface area contributed by atoms with Crippen molar-refractivity contribution in [2.75, 3.05) is 11.1 Å². The number of hydrogen-bond acceptors (Lipinski definition) is 6. The molecule has 0 aliphatic carbocycles. The van der Waals surface area contributed by atoms with Gasteiger partial charge in [-0.05, 0) is 47.7 Å². The lowest BCUT2D eigenvalue weighted by Gasteiger charge is -2.10. The second kappa shape index (κ2) is 5.75.